The van der Waals surface area contributed by atoms with Crippen molar-refractivity contribution in [3.05, 3.63) is 52.5 Å². The van der Waals surface area contributed by atoms with Crippen LogP contribution in [0.2, 0.25) is 0 Å². The normalized spacial score (nSPS) is 12.7. The van der Waals surface area contributed by atoms with Gasteiger partial charge in [0.1, 0.15) is 0 Å². The van der Waals surface area contributed by atoms with E-state index in [1.807, 2.05) is 6.07 Å². The first-order valence-electron chi connectivity index (χ1n) is 6.44. The lowest BCUT2D eigenvalue weighted by Gasteiger charge is -2.16. The Morgan fingerprint density at radius 3 is 2.95 bits per heavy atom. The second kappa shape index (κ2) is 5.09. The average molecular weight is 286 g/mol. The number of hydrogen-bond acceptors (Lipinski definition) is 3. The third kappa shape index (κ3) is 2.10. The molecule has 0 radical (unpaired) electrons. The molecular formula is C15H14N2O2S. The molecule has 0 bridgehead atoms. The zero-order valence-corrected chi connectivity index (χ0v) is 11.8. The number of nitrogens with zero attached hydrogens (tertiary/aromatic N) is 2. The second-order valence-corrected chi connectivity index (χ2v) is 5.58. The fourth-order valence-electron chi connectivity index (χ4n) is 2.42. The quantitative estimate of drug-likeness (QED) is 0.793. The van der Waals surface area contributed by atoms with Crippen LogP contribution in [0.4, 0.5) is 0 Å². The van der Waals surface area contributed by atoms with E-state index in [4.69, 9.17) is 5.11 Å². The number of hydrogen-bond donors (Lipinski definition) is 1. The standard InChI is InChI=1S/C15H14N2O2S/c1-2-12(14-4-3-7-20-14)17-9-16-11-6-5-10(15(18)19)8-13(11)17/h3-9,12H,2H2,1H3,(H,18,19). The Morgan fingerprint density at radius 2 is 2.30 bits per heavy atom. The molecule has 1 unspecified atom stereocenters. The molecule has 0 amide bonds. The highest BCUT2D eigenvalue weighted by molar-refractivity contribution is 7.10. The molecule has 0 aliphatic rings. The molecule has 0 saturated heterocycles. The molecule has 2 aromatic heterocycles. The van der Waals surface area contributed by atoms with Gasteiger partial charge in [-0.3, -0.25) is 0 Å². The van der Waals surface area contributed by atoms with Gasteiger partial charge in [0.2, 0.25) is 0 Å². The van der Waals surface area contributed by atoms with Crippen molar-refractivity contribution in [1.29, 1.82) is 0 Å². The average Bonchev–Trinajstić information content (AvgIpc) is 3.09. The molecule has 1 N–H and O–H groups in total. The van der Waals surface area contributed by atoms with Gasteiger partial charge in [0, 0.05) is 4.88 Å². The van der Waals surface area contributed by atoms with E-state index in [1.165, 1.54) is 4.88 Å². The van der Waals surface area contributed by atoms with Gasteiger partial charge in [-0.15, -0.1) is 11.3 Å². The predicted molar refractivity (Wildman–Crippen MR) is 79.4 cm³/mol. The Labute approximate surface area is 120 Å². The smallest absolute Gasteiger partial charge is 0.335 e. The Balaban J connectivity index is 2.15. The first-order chi connectivity index (χ1) is 9.70. The minimum Gasteiger partial charge on any atom is -0.478 e. The van der Waals surface area contributed by atoms with Crippen molar-refractivity contribution in [3.8, 4) is 0 Å². The van der Waals surface area contributed by atoms with Crippen LogP contribution in [-0.2, 0) is 0 Å². The maximum absolute atomic E-state index is 11.1. The van der Waals surface area contributed by atoms with Crippen LogP contribution >= 0.6 is 11.3 Å². The molecule has 0 aliphatic heterocycles. The molecule has 1 atom stereocenters. The fraction of sp³-hybridized carbons (Fsp3) is 0.200. The summed E-state index contributed by atoms with van der Waals surface area (Å²) in [4.78, 5) is 16.7. The topological polar surface area (TPSA) is 55.1 Å². The predicted octanol–water partition coefficient (Wildman–Crippen LogP) is 3.80. The second-order valence-electron chi connectivity index (χ2n) is 4.60. The zero-order valence-electron chi connectivity index (χ0n) is 11.0. The molecule has 0 saturated carbocycles. The summed E-state index contributed by atoms with van der Waals surface area (Å²) in [6, 6.07) is 9.38. The van der Waals surface area contributed by atoms with Crippen LogP contribution in [0.15, 0.2) is 42.0 Å². The van der Waals surface area contributed by atoms with E-state index < -0.39 is 5.97 Å². The maximum Gasteiger partial charge on any atom is 0.335 e. The SMILES string of the molecule is CCC(c1cccs1)n1cnc2ccc(C(=O)O)cc21. The van der Waals surface area contributed by atoms with E-state index in [-0.39, 0.29) is 6.04 Å². The van der Waals surface area contributed by atoms with Gasteiger partial charge in [0.25, 0.3) is 0 Å². The Morgan fingerprint density at radius 1 is 1.45 bits per heavy atom. The minimum absolute atomic E-state index is 0.198. The molecule has 2 heterocycles. The lowest BCUT2D eigenvalue weighted by molar-refractivity contribution is 0.0697. The van der Waals surface area contributed by atoms with Crippen molar-refractivity contribution in [2.75, 3.05) is 0 Å². The van der Waals surface area contributed by atoms with Crippen LogP contribution in [0.25, 0.3) is 11.0 Å². The van der Waals surface area contributed by atoms with Gasteiger partial charge < -0.3 is 9.67 Å². The number of benzene rings is 1. The van der Waals surface area contributed by atoms with Gasteiger partial charge in [0.05, 0.1) is 29.0 Å². The molecule has 0 fully saturated rings. The molecule has 0 aliphatic carbocycles. The number of thiophene rings is 1. The van der Waals surface area contributed by atoms with Crippen molar-refractivity contribution in [1.82, 2.24) is 9.55 Å². The van der Waals surface area contributed by atoms with Gasteiger partial charge in [0.15, 0.2) is 0 Å². The van der Waals surface area contributed by atoms with Gasteiger partial charge >= 0.3 is 5.97 Å². The van der Waals surface area contributed by atoms with Crippen LogP contribution < -0.4 is 0 Å². The van der Waals surface area contributed by atoms with E-state index in [2.05, 4.69) is 27.9 Å². The van der Waals surface area contributed by atoms with Crippen molar-refractivity contribution in [2.45, 2.75) is 19.4 Å². The highest BCUT2D eigenvalue weighted by Gasteiger charge is 2.16. The van der Waals surface area contributed by atoms with Crippen molar-refractivity contribution in [2.24, 2.45) is 0 Å². The number of fused-ring (bicyclic) bond motifs is 1. The van der Waals surface area contributed by atoms with Crippen LogP contribution in [-0.4, -0.2) is 20.6 Å². The van der Waals surface area contributed by atoms with E-state index in [0.717, 1.165) is 17.5 Å². The number of rotatable bonds is 4. The fourth-order valence-corrected chi connectivity index (χ4v) is 3.33. The third-order valence-electron chi connectivity index (χ3n) is 3.42. The lowest BCUT2D eigenvalue weighted by atomic mass is 10.1. The largest absolute Gasteiger partial charge is 0.478 e. The Bertz CT molecular complexity index is 746. The van der Waals surface area contributed by atoms with E-state index >= 15 is 0 Å². The maximum atomic E-state index is 11.1. The monoisotopic (exact) mass is 286 g/mol. The molecule has 1 aromatic carbocycles. The molecule has 0 spiro atoms. The Hall–Kier alpha value is -2.14. The summed E-state index contributed by atoms with van der Waals surface area (Å²) in [5, 5.41) is 11.2. The molecular weight excluding hydrogens is 272 g/mol. The summed E-state index contributed by atoms with van der Waals surface area (Å²) in [6.45, 7) is 2.12. The summed E-state index contributed by atoms with van der Waals surface area (Å²) in [6.07, 6.45) is 2.73. The number of aromatic carboxylic acids is 1. The number of carbonyl (C=O) groups is 1. The summed E-state index contributed by atoms with van der Waals surface area (Å²) in [5.41, 5.74) is 1.98. The van der Waals surface area contributed by atoms with Crippen LogP contribution in [0, 0.1) is 0 Å². The summed E-state index contributed by atoms with van der Waals surface area (Å²) in [7, 11) is 0. The Kier molecular flexibility index (Phi) is 3.28. The highest BCUT2D eigenvalue weighted by Crippen LogP contribution is 2.29. The number of aromatic nitrogens is 2. The molecule has 3 aromatic rings. The van der Waals surface area contributed by atoms with Gasteiger partial charge in [-0.05, 0) is 36.1 Å². The summed E-state index contributed by atoms with van der Waals surface area (Å²) in [5.74, 6) is -0.913. The summed E-state index contributed by atoms with van der Waals surface area (Å²) < 4.78 is 2.06. The number of carboxylic acids is 1. The van der Waals surface area contributed by atoms with E-state index in [9.17, 15) is 4.79 Å². The third-order valence-corrected chi connectivity index (χ3v) is 4.39. The first-order valence-corrected chi connectivity index (χ1v) is 7.32. The van der Waals surface area contributed by atoms with E-state index in [1.54, 1.807) is 35.9 Å². The van der Waals surface area contributed by atoms with Crippen molar-refractivity contribution < 1.29 is 9.90 Å². The molecule has 4 nitrogen and oxygen atoms in total. The minimum atomic E-state index is -0.913. The molecule has 20 heavy (non-hydrogen) atoms. The van der Waals surface area contributed by atoms with Gasteiger partial charge in [-0.25, -0.2) is 9.78 Å². The lowest BCUT2D eigenvalue weighted by Crippen LogP contribution is -2.07. The molecule has 102 valence electrons. The summed E-state index contributed by atoms with van der Waals surface area (Å²) >= 11 is 1.71. The number of carboxylic acid groups (broad SMARTS) is 1. The van der Waals surface area contributed by atoms with Gasteiger partial charge in [-0.1, -0.05) is 13.0 Å². The van der Waals surface area contributed by atoms with Crippen molar-refractivity contribution >= 4 is 28.3 Å². The van der Waals surface area contributed by atoms with Crippen LogP contribution in [0.5, 0.6) is 0 Å². The first kappa shape index (κ1) is 12.9. The van der Waals surface area contributed by atoms with E-state index in [0.29, 0.717) is 5.56 Å². The van der Waals surface area contributed by atoms with Crippen LogP contribution in [0.1, 0.15) is 34.6 Å². The van der Waals surface area contributed by atoms with Gasteiger partial charge in [-0.2, -0.15) is 0 Å². The van der Waals surface area contributed by atoms with Crippen molar-refractivity contribution in [3.63, 3.8) is 0 Å². The molecule has 3 rings (SSSR count). The zero-order chi connectivity index (χ0) is 14.1. The number of imidazole rings is 1. The van der Waals surface area contributed by atoms with Crippen LogP contribution in [0.3, 0.4) is 0 Å². The molecule has 5 heteroatoms. The highest BCUT2D eigenvalue weighted by atomic mass is 32.1.